The van der Waals surface area contributed by atoms with E-state index in [9.17, 15) is 0 Å². The third-order valence-corrected chi connectivity index (χ3v) is 3.92. The minimum Gasteiger partial charge on any atom is -0.374 e. The Bertz CT molecular complexity index is 378. The van der Waals surface area contributed by atoms with Gasteiger partial charge in [0.15, 0.2) is 0 Å². The second-order valence-electron chi connectivity index (χ2n) is 4.70. The fourth-order valence-electron chi connectivity index (χ4n) is 1.69. The average molecular weight is 295 g/mol. The lowest BCUT2D eigenvalue weighted by atomic mass is 9.97. The predicted molar refractivity (Wildman–Crippen MR) is 76.5 cm³/mol. The van der Waals surface area contributed by atoms with E-state index in [0.717, 1.165) is 17.6 Å². The van der Waals surface area contributed by atoms with Gasteiger partial charge in [-0.2, -0.15) is 5.26 Å². The molecule has 0 saturated heterocycles. The molecule has 3 heteroatoms. The number of alkyl halides is 1. The molecule has 0 saturated carbocycles. The van der Waals surface area contributed by atoms with Gasteiger partial charge in [0.05, 0.1) is 11.6 Å². The zero-order chi connectivity index (χ0) is 12.8. The standard InChI is InChI=1S/C14H19BrN2/c1-11(2)13(8-15)10-17(3)14-6-4-12(9-16)5-7-14/h4-7,11,13H,8,10H2,1-3H3. The molecule has 0 amide bonds. The maximum Gasteiger partial charge on any atom is 0.0991 e. The van der Waals surface area contributed by atoms with Crippen LogP contribution in [0.2, 0.25) is 0 Å². The van der Waals surface area contributed by atoms with Gasteiger partial charge in [0, 0.05) is 24.6 Å². The number of anilines is 1. The summed E-state index contributed by atoms with van der Waals surface area (Å²) in [6.45, 7) is 5.52. The first kappa shape index (κ1) is 14.1. The van der Waals surface area contributed by atoms with E-state index in [0.29, 0.717) is 17.4 Å². The summed E-state index contributed by atoms with van der Waals surface area (Å²) in [4.78, 5) is 2.24. The van der Waals surface area contributed by atoms with Crippen molar-refractivity contribution in [2.24, 2.45) is 11.8 Å². The molecule has 1 atom stereocenters. The summed E-state index contributed by atoms with van der Waals surface area (Å²) in [6, 6.07) is 9.88. The fraction of sp³-hybridized carbons (Fsp3) is 0.500. The normalized spacial score (nSPS) is 12.2. The Hall–Kier alpha value is -1.01. The number of benzene rings is 1. The molecule has 0 radical (unpaired) electrons. The Labute approximate surface area is 112 Å². The van der Waals surface area contributed by atoms with Crippen molar-refractivity contribution < 1.29 is 0 Å². The molecule has 2 nitrogen and oxygen atoms in total. The third-order valence-electron chi connectivity index (χ3n) is 3.09. The van der Waals surface area contributed by atoms with Crippen LogP contribution in [0.3, 0.4) is 0 Å². The Morgan fingerprint density at radius 3 is 2.29 bits per heavy atom. The van der Waals surface area contributed by atoms with E-state index in [1.54, 1.807) is 0 Å². The molecule has 0 heterocycles. The number of hydrogen-bond donors (Lipinski definition) is 0. The predicted octanol–water partition coefficient (Wildman–Crippen LogP) is 3.66. The van der Waals surface area contributed by atoms with Gasteiger partial charge in [-0.15, -0.1) is 0 Å². The van der Waals surface area contributed by atoms with Crippen LogP contribution in [0.15, 0.2) is 24.3 Å². The van der Waals surface area contributed by atoms with Gasteiger partial charge in [0.1, 0.15) is 0 Å². The molecule has 0 fully saturated rings. The molecule has 0 aliphatic rings. The van der Waals surface area contributed by atoms with Crippen molar-refractivity contribution in [1.82, 2.24) is 0 Å². The molecule has 0 spiro atoms. The van der Waals surface area contributed by atoms with Gasteiger partial charge in [-0.25, -0.2) is 0 Å². The quantitative estimate of drug-likeness (QED) is 0.775. The lowest BCUT2D eigenvalue weighted by Crippen LogP contribution is -2.29. The zero-order valence-electron chi connectivity index (χ0n) is 10.7. The molecule has 1 aromatic rings. The molecule has 0 bridgehead atoms. The summed E-state index contributed by atoms with van der Waals surface area (Å²) >= 11 is 3.57. The fourth-order valence-corrected chi connectivity index (χ4v) is 2.64. The molecule has 0 aliphatic carbocycles. The number of nitrogens with zero attached hydrogens (tertiary/aromatic N) is 2. The number of hydrogen-bond acceptors (Lipinski definition) is 2. The molecule has 1 rings (SSSR count). The van der Waals surface area contributed by atoms with Crippen molar-refractivity contribution in [3.05, 3.63) is 29.8 Å². The van der Waals surface area contributed by atoms with Crippen LogP contribution in [-0.2, 0) is 0 Å². The Morgan fingerprint density at radius 1 is 1.29 bits per heavy atom. The van der Waals surface area contributed by atoms with E-state index >= 15 is 0 Å². The number of halogens is 1. The lowest BCUT2D eigenvalue weighted by molar-refractivity contribution is 0.432. The van der Waals surface area contributed by atoms with Gasteiger partial charge in [-0.1, -0.05) is 29.8 Å². The van der Waals surface area contributed by atoms with Crippen LogP contribution < -0.4 is 4.90 Å². The Kier molecular flexibility index (Phi) is 5.50. The topological polar surface area (TPSA) is 27.0 Å². The van der Waals surface area contributed by atoms with Crippen LogP contribution >= 0.6 is 15.9 Å². The molecule has 0 N–H and O–H groups in total. The molecular formula is C14H19BrN2. The summed E-state index contributed by atoms with van der Waals surface area (Å²) in [5.41, 5.74) is 1.87. The van der Waals surface area contributed by atoms with Gasteiger partial charge in [-0.3, -0.25) is 0 Å². The lowest BCUT2D eigenvalue weighted by Gasteiger charge is -2.27. The largest absolute Gasteiger partial charge is 0.374 e. The molecule has 1 unspecified atom stereocenters. The van der Waals surface area contributed by atoms with Crippen molar-refractivity contribution >= 4 is 21.6 Å². The maximum absolute atomic E-state index is 8.75. The van der Waals surface area contributed by atoms with Crippen molar-refractivity contribution in [3.8, 4) is 6.07 Å². The maximum atomic E-state index is 8.75. The Balaban J connectivity index is 2.69. The molecule has 17 heavy (non-hydrogen) atoms. The van der Waals surface area contributed by atoms with E-state index in [2.05, 4.69) is 47.8 Å². The van der Waals surface area contributed by atoms with Crippen molar-refractivity contribution in [2.45, 2.75) is 13.8 Å². The van der Waals surface area contributed by atoms with Gasteiger partial charge in [-0.05, 0) is 36.1 Å². The molecule has 0 aromatic heterocycles. The minimum atomic E-state index is 0.635. The second kappa shape index (κ2) is 6.66. The van der Waals surface area contributed by atoms with Crippen molar-refractivity contribution in [1.29, 1.82) is 5.26 Å². The number of rotatable bonds is 5. The summed E-state index contributed by atoms with van der Waals surface area (Å²) in [7, 11) is 2.10. The highest BCUT2D eigenvalue weighted by molar-refractivity contribution is 9.09. The summed E-state index contributed by atoms with van der Waals surface area (Å²) in [6.07, 6.45) is 0. The average Bonchev–Trinajstić information content (AvgIpc) is 2.35. The smallest absolute Gasteiger partial charge is 0.0991 e. The van der Waals surface area contributed by atoms with E-state index in [1.807, 2.05) is 24.3 Å². The molecule has 1 aromatic carbocycles. The van der Waals surface area contributed by atoms with Gasteiger partial charge >= 0.3 is 0 Å². The summed E-state index contributed by atoms with van der Waals surface area (Å²) in [5.74, 6) is 1.30. The van der Waals surface area contributed by atoms with Gasteiger partial charge < -0.3 is 4.90 Å². The van der Waals surface area contributed by atoms with Crippen LogP contribution in [-0.4, -0.2) is 18.9 Å². The highest BCUT2D eigenvalue weighted by Crippen LogP contribution is 2.19. The van der Waals surface area contributed by atoms with Gasteiger partial charge in [0.25, 0.3) is 0 Å². The van der Waals surface area contributed by atoms with Crippen molar-refractivity contribution in [3.63, 3.8) is 0 Å². The molecule has 0 aliphatic heterocycles. The van der Waals surface area contributed by atoms with E-state index in [4.69, 9.17) is 5.26 Å². The van der Waals surface area contributed by atoms with Crippen LogP contribution in [0.1, 0.15) is 19.4 Å². The summed E-state index contributed by atoms with van der Waals surface area (Å²) < 4.78 is 0. The summed E-state index contributed by atoms with van der Waals surface area (Å²) in [5, 5.41) is 9.77. The molecule has 92 valence electrons. The highest BCUT2D eigenvalue weighted by Gasteiger charge is 2.14. The first-order valence-electron chi connectivity index (χ1n) is 5.85. The van der Waals surface area contributed by atoms with E-state index in [-0.39, 0.29) is 0 Å². The van der Waals surface area contributed by atoms with Crippen LogP contribution in [0.5, 0.6) is 0 Å². The van der Waals surface area contributed by atoms with Crippen LogP contribution in [0.4, 0.5) is 5.69 Å². The monoisotopic (exact) mass is 294 g/mol. The van der Waals surface area contributed by atoms with Gasteiger partial charge in [0.2, 0.25) is 0 Å². The SMILES string of the molecule is CC(C)C(CBr)CN(C)c1ccc(C#N)cc1. The zero-order valence-corrected chi connectivity index (χ0v) is 12.2. The second-order valence-corrected chi connectivity index (χ2v) is 5.35. The Morgan fingerprint density at radius 2 is 1.88 bits per heavy atom. The molecular weight excluding hydrogens is 276 g/mol. The first-order valence-corrected chi connectivity index (χ1v) is 6.98. The van der Waals surface area contributed by atoms with Crippen LogP contribution in [0, 0.1) is 23.2 Å². The van der Waals surface area contributed by atoms with Crippen molar-refractivity contribution in [2.75, 3.05) is 23.8 Å². The van der Waals surface area contributed by atoms with Crippen LogP contribution in [0.25, 0.3) is 0 Å². The third kappa shape index (κ3) is 4.05. The van der Waals surface area contributed by atoms with E-state index in [1.165, 1.54) is 0 Å². The number of nitriles is 1. The highest BCUT2D eigenvalue weighted by atomic mass is 79.9. The first-order chi connectivity index (χ1) is 8.08. The minimum absolute atomic E-state index is 0.635. The van der Waals surface area contributed by atoms with E-state index < -0.39 is 0 Å².